The summed E-state index contributed by atoms with van der Waals surface area (Å²) in [5.41, 5.74) is -1.06. The maximum absolute atomic E-state index is 13.3. The summed E-state index contributed by atoms with van der Waals surface area (Å²) in [5, 5.41) is 4.27. The van der Waals surface area contributed by atoms with Crippen LogP contribution in [0.5, 0.6) is 0 Å². The van der Waals surface area contributed by atoms with Crippen molar-refractivity contribution in [3.8, 4) is 0 Å². The number of piperidine rings is 1. The minimum atomic E-state index is -4.61. The number of aromatic nitrogens is 1. The van der Waals surface area contributed by atoms with Crippen molar-refractivity contribution in [2.45, 2.75) is 25.2 Å². The molecule has 1 unspecified atom stereocenters. The minimum absolute atomic E-state index is 0.00751. The molecule has 12 heteroatoms. The zero-order valence-electron chi connectivity index (χ0n) is 17.1. The van der Waals surface area contributed by atoms with Crippen LogP contribution in [0.3, 0.4) is 0 Å². The first-order valence-corrected chi connectivity index (χ1v) is 9.97. The van der Waals surface area contributed by atoms with Crippen molar-refractivity contribution < 1.29 is 35.9 Å². The molecule has 1 fully saturated rings. The van der Waals surface area contributed by atoms with Crippen LogP contribution in [-0.2, 0) is 11.0 Å². The summed E-state index contributed by atoms with van der Waals surface area (Å²) in [4.78, 5) is 30.2. The van der Waals surface area contributed by atoms with E-state index in [-0.39, 0.29) is 30.2 Å². The Morgan fingerprint density at radius 3 is 2.48 bits per heavy atom. The number of nitrogens with zero attached hydrogens (tertiary/aromatic N) is 2. The smallest absolute Gasteiger partial charge is 0.355 e. The second-order valence-electron chi connectivity index (χ2n) is 7.49. The lowest BCUT2D eigenvalue weighted by molar-refractivity contribution is -0.137. The SMILES string of the molecule is O=C(NCC(F)(F)F)c1ccccc1NC(=O)C1CCCN(c2ncccc2C(F)(F)F)C1. The van der Waals surface area contributed by atoms with Gasteiger partial charge in [0.2, 0.25) is 5.91 Å². The molecular weight excluding hydrogens is 454 g/mol. The molecule has 2 amide bonds. The van der Waals surface area contributed by atoms with E-state index in [4.69, 9.17) is 0 Å². The fourth-order valence-corrected chi connectivity index (χ4v) is 3.55. The summed E-state index contributed by atoms with van der Waals surface area (Å²) >= 11 is 0. The second-order valence-corrected chi connectivity index (χ2v) is 7.49. The molecule has 178 valence electrons. The molecule has 0 spiro atoms. The molecule has 2 N–H and O–H groups in total. The van der Waals surface area contributed by atoms with Gasteiger partial charge in [-0.2, -0.15) is 26.3 Å². The van der Waals surface area contributed by atoms with Crippen molar-refractivity contribution in [1.29, 1.82) is 0 Å². The number of para-hydroxylation sites is 1. The van der Waals surface area contributed by atoms with Crippen molar-refractivity contribution in [3.05, 3.63) is 53.7 Å². The van der Waals surface area contributed by atoms with Gasteiger partial charge < -0.3 is 15.5 Å². The number of alkyl halides is 6. The monoisotopic (exact) mass is 474 g/mol. The van der Waals surface area contributed by atoms with Crippen LogP contribution in [-0.4, -0.2) is 42.6 Å². The van der Waals surface area contributed by atoms with Crippen LogP contribution in [0.25, 0.3) is 0 Å². The molecule has 1 atom stereocenters. The van der Waals surface area contributed by atoms with Gasteiger partial charge in [-0.1, -0.05) is 12.1 Å². The summed E-state index contributed by atoms with van der Waals surface area (Å²) in [7, 11) is 0. The molecule has 1 aromatic heterocycles. The van der Waals surface area contributed by atoms with Crippen LogP contribution in [0.15, 0.2) is 42.6 Å². The van der Waals surface area contributed by atoms with Crippen molar-refractivity contribution in [1.82, 2.24) is 10.3 Å². The highest BCUT2D eigenvalue weighted by Gasteiger charge is 2.37. The largest absolute Gasteiger partial charge is 0.419 e. The number of carbonyl (C=O) groups is 2. The van der Waals surface area contributed by atoms with Crippen molar-refractivity contribution >= 4 is 23.3 Å². The highest BCUT2D eigenvalue weighted by Crippen LogP contribution is 2.36. The number of pyridine rings is 1. The van der Waals surface area contributed by atoms with Gasteiger partial charge in [0.25, 0.3) is 5.91 Å². The summed E-state index contributed by atoms with van der Waals surface area (Å²) in [6.07, 6.45) is -7.15. The first-order valence-electron chi connectivity index (χ1n) is 9.97. The lowest BCUT2D eigenvalue weighted by Crippen LogP contribution is -2.42. The maximum Gasteiger partial charge on any atom is 0.419 e. The fourth-order valence-electron chi connectivity index (χ4n) is 3.55. The van der Waals surface area contributed by atoms with E-state index in [1.807, 2.05) is 0 Å². The molecule has 1 aliphatic heterocycles. The van der Waals surface area contributed by atoms with Crippen molar-refractivity contribution in [2.75, 3.05) is 29.9 Å². The molecule has 2 aromatic rings. The van der Waals surface area contributed by atoms with Gasteiger partial charge in [-0.05, 0) is 37.1 Å². The van der Waals surface area contributed by atoms with Crippen LogP contribution >= 0.6 is 0 Å². The Balaban J connectivity index is 1.73. The van der Waals surface area contributed by atoms with Gasteiger partial charge in [0, 0.05) is 19.3 Å². The molecule has 3 rings (SSSR count). The first kappa shape index (κ1) is 24.3. The van der Waals surface area contributed by atoms with E-state index >= 15 is 0 Å². The second kappa shape index (κ2) is 9.67. The molecule has 1 aliphatic rings. The Morgan fingerprint density at radius 2 is 1.79 bits per heavy atom. The standard InChI is InChI=1S/C21H20F6N4O2/c22-20(23,24)12-29-19(33)14-6-1-2-8-16(14)30-18(32)13-5-4-10-31(11-13)17-15(21(25,26)27)7-3-9-28-17/h1-3,6-9,13H,4-5,10-12H2,(H,29,33)(H,30,32). The van der Waals surface area contributed by atoms with Gasteiger partial charge in [-0.25, -0.2) is 4.98 Å². The van der Waals surface area contributed by atoms with Gasteiger partial charge in [-0.15, -0.1) is 0 Å². The average Bonchev–Trinajstić information content (AvgIpc) is 2.77. The van der Waals surface area contributed by atoms with Gasteiger partial charge in [0.1, 0.15) is 12.4 Å². The lowest BCUT2D eigenvalue weighted by Gasteiger charge is -2.34. The Hall–Kier alpha value is -3.31. The number of hydrogen-bond acceptors (Lipinski definition) is 4. The van der Waals surface area contributed by atoms with Crippen LogP contribution in [0.2, 0.25) is 0 Å². The quantitative estimate of drug-likeness (QED) is 0.636. The molecule has 1 saturated heterocycles. The van der Waals surface area contributed by atoms with Gasteiger partial charge in [-0.3, -0.25) is 9.59 Å². The number of benzene rings is 1. The van der Waals surface area contributed by atoms with E-state index in [1.165, 1.54) is 41.4 Å². The Kier molecular flexibility index (Phi) is 7.13. The number of halogens is 6. The van der Waals surface area contributed by atoms with E-state index in [0.29, 0.717) is 12.8 Å². The molecule has 0 aliphatic carbocycles. The summed E-state index contributed by atoms with van der Waals surface area (Å²) < 4.78 is 77.2. The number of anilines is 2. The molecule has 0 saturated carbocycles. The summed E-state index contributed by atoms with van der Waals surface area (Å²) in [6.45, 7) is -1.29. The predicted octanol–water partition coefficient (Wildman–Crippen LogP) is 4.25. The number of amides is 2. The van der Waals surface area contributed by atoms with E-state index in [9.17, 15) is 35.9 Å². The minimum Gasteiger partial charge on any atom is -0.355 e. The molecule has 33 heavy (non-hydrogen) atoms. The third kappa shape index (κ3) is 6.36. The van der Waals surface area contributed by atoms with Crippen molar-refractivity contribution in [2.24, 2.45) is 5.92 Å². The summed E-state index contributed by atoms with van der Waals surface area (Å²) in [6, 6.07) is 7.65. The molecule has 0 bridgehead atoms. The zero-order chi connectivity index (χ0) is 24.2. The third-order valence-corrected chi connectivity index (χ3v) is 5.06. The maximum atomic E-state index is 13.3. The van der Waals surface area contributed by atoms with E-state index < -0.39 is 42.2 Å². The highest BCUT2D eigenvalue weighted by atomic mass is 19.4. The van der Waals surface area contributed by atoms with Gasteiger partial charge in [0.05, 0.1) is 22.7 Å². The number of hydrogen-bond donors (Lipinski definition) is 2. The highest BCUT2D eigenvalue weighted by molar-refractivity contribution is 6.04. The number of nitrogens with one attached hydrogen (secondary N) is 2. The van der Waals surface area contributed by atoms with Crippen LogP contribution in [0, 0.1) is 5.92 Å². The number of rotatable bonds is 5. The lowest BCUT2D eigenvalue weighted by atomic mass is 9.96. The molecule has 1 aromatic carbocycles. The van der Waals surface area contributed by atoms with Crippen LogP contribution < -0.4 is 15.5 Å². The third-order valence-electron chi connectivity index (χ3n) is 5.06. The van der Waals surface area contributed by atoms with Crippen molar-refractivity contribution in [3.63, 3.8) is 0 Å². The Labute approximate surface area is 185 Å². The Bertz CT molecular complexity index is 1010. The van der Waals surface area contributed by atoms with E-state index in [2.05, 4.69) is 10.3 Å². The van der Waals surface area contributed by atoms with Gasteiger partial charge >= 0.3 is 12.4 Å². The average molecular weight is 474 g/mol. The Morgan fingerprint density at radius 1 is 1.06 bits per heavy atom. The normalized spacial score (nSPS) is 16.9. The first-order chi connectivity index (χ1) is 15.5. The molecule has 0 radical (unpaired) electrons. The molecular formula is C21H20F6N4O2. The zero-order valence-corrected chi connectivity index (χ0v) is 17.1. The van der Waals surface area contributed by atoms with Crippen LogP contribution in [0.4, 0.5) is 37.8 Å². The van der Waals surface area contributed by atoms with E-state index in [0.717, 1.165) is 6.07 Å². The topological polar surface area (TPSA) is 74.3 Å². The molecule has 2 heterocycles. The summed E-state index contributed by atoms with van der Waals surface area (Å²) in [5.74, 6) is -2.56. The van der Waals surface area contributed by atoms with Gasteiger partial charge in [0.15, 0.2) is 0 Å². The van der Waals surface area contributed by atoms with Crippen LogP contribution in [0.1, 0.15) is 28.8 Å². The van der Waals surface area contributed by atoms with E-state index in [1.54, 1.807) is 5.32 Å². The predicted molar refractivity (Wildman–Crippen MR) is 108 cm³/mol. The molecule has 6 nitrogen and oxygen atoms in total. The number of carbonyl (C=O) groups excluding carboxylic acids is 2. The fraction of sp³-hybridized carbons (Fsp3) is 0.381.